The molecule has 1 saturated heterocycles. The molecular weight excluding hydrogens is 308 g/mol. The van der Waals surface area contributed by atoms with Crippen molar-refractivity contribution in [3.63, 3.8) is 0 Å². The minimum absolute atomic E-state index is 0. The number of carbonyl (C=O) groups excluding carboxylic acids is 1. The number of hydrogen-bond acceptors (Lipinski definition) is 4. The van der Waals surface area contributed by atoms with Crippen LogP contribution in [0.2, 0.25) is 0 Å². The first kappa shape index (κ1) is 18.3. The summed E-state index contributed by atoms with van der Waals surface area (Å²) in [5, 5.41) is 16.1. The van der Waals surface area contributed by atoms with Gasteiger partial charge in [-0.3, -0.25) is 4.79 Å². The number of halogens is 1. The molecule has 2 atom stereocenters. The van der Waals surface area contributed by atoms with Crippen LogP contribution in [0.3, 0.4) is 0 Å². The van der Waals surface area contributed by atoms with Crippen LogP contribution in [0.5, 0.6) is 0 Å². The Morgan fingerprint density at radius 2 is 2.19 bits per heavy atom. The van der Waals surface area contributed by atoms with Crippen molar-refractivity contribution in [3.8, 4) is 0 Å². The fraction of sp³-hybridized carbons (Fsp3) is 0.533. The molecule has 1 aromatic rings. The van der Waals surface area contributed by atoms with Gasteiger partial charge in [-0.2, -0.15) is 11.8 Å². The average molecular weight is 331 g/mol. The highest BCUT2D eigenvalue weighted by Crippen LogP contribution is 2.10. The molecule has 118 valence electrons. The van der Waals surface area contributed by atoms with Gasteiger partial charge in [0.15, 0.2) is 0 Å². The van der Waals surface area contributed by atoms with Gasteiger partial charge in [0.2, 0.25) is 5.91 Å². The topological polar surface area (TPSA) is 61.4 Å². The summed E-state index contributed by atoms with van der Waals surface area (Å²) >= 11 is 1.88. The lowest BCUT2D eigenvalue weighted by Gasteiger charge is -2.22. The maximum absolute atomic E-state index is 11.8. The summed E-state index contributed by atoms with van der Waals surface area (Å²) in [5.74, 6) is 2.12. The summed E-state index contributed by atoms with van der Waals surface area (Å²) in [4.78, 5) is 11.8. The summed E-state index contributed by atoms with van der Waals surface area (Å²) in [7, 11) is 0. The molecule has 4 nitrogen and oxygen atoms in total. The smallest absolute Gasteiger partial charge is 0.221 e. The lowest BCUT2D eigenvalue weighted by atomic mass is 10.1. The van der Waals surface area contributed by atoms with E-state index in [0.717, 1.165) is 23.6 Å². The van der Waals surface area contributed by atoms with Crippen molar-refractivity contribution >= 4 is 30.1 Å². The van der Waals surface area contributed by atoms with E-state index < -0.39 is 6.10 Å². The van der Waals surface area contributed by atoms with Gasteiger partial charge in [0, 0.05) is 43.5 Å². The van der Waals surface area contributed by atoms with Gasteiger partial charge in [-0.25, -0.2) is 0 Å². The molecule has 2 unspecified atom stereocenters. The number of rotatable bonds is 6. The number of aliphatic hydroxyl groups is 1. The van der Waals surface area contributed by atoms with E-state index in [2.05, 4.69) is 10.6 Å². The van der Waals surface area contributed by atoms with E-state index in [1.165, 1.54) is 0 Å². The SMILES string of the molecule is Cl.O=C(CC1CSCCN1)NCC(O)Cc1ccccc1. The monoisotopic (exact) mass is 330 g/mol. The Morgan fingerprint density at radius 1 is 1.43 bits per heavy atom. The Balaban J connectivity index is 0.00000220. The van der Waals surface area contributed by atoms with Crippen molar-refractivity contribution in [2.75, 3.05) is 24.6 Å². The van der Waals surface area contributed by atoms with Gasteiger partial charge in [-0.15, -0.1) is 12.4 Å². The quantitative estimate of drug-likeness (QED) is 0.734. The van der Waals surface area contributed by atoms with Crippen LogP contribution in [0.25, 0.3) is 0 Å². The minimum Gasteiger partial charge on any atom is -0.391 e. The summed E-state index contributed by atoms with van der Waals surface area (Å²) in [6.45, 7) is 1.28. The molecule has 3 N–H and O–H groups in total. The first-order chi connectivity index (χ1) is 9.74. The number of amides is 1. The molecule has 1 amide bonds. The van der Waals surface area contributed by atoms with Crippen molar-refractivity contribution < 1.29 is 9.90 Å². The fourth-order valence-electron chi connectivity index (χ4n) is 2.24. The summed E-state index contributed by atoms with van der Waals surface area (Å²) in [5.41, 5.74) is 1.08. The van der Waals surface area contributed by atoms with Gasteiger partial charge in [0.25, 0.3) is 0 Å². The molecule has 1 aliphatic rings. The molecule has 1 aliphatic heterocycles. The number of benzene rings is 1. The predicted octanol–water partition coefficient (Wildman–Crippen LogP) is 1.22. The van der Waals surface area contributed by atoms with Crippen LogP contribution in [0.1, 0.15) is 12.0 Å². The Bertz CT molecular complexity index is 413. The Morgan fingerprint density at radius 3 is 2.86 bits per heavy atom. The lowest BCUT2D eigenvalue weighted by molar-refractivity contribution is -0.121. The van der Waals surface area contributed by atoms with Crippen LogP contribution < -0.4 is 10.6 Å². The molecule has 0 radical (unpaired) electrons. The molecule has 1 heterocycles. The number of thioether (sulfide) groups is 1. The Hall–Kier alpha value is -0.750. The molecule has 2 rings (SSSR count). The van der Waals surface area contributed by atoms with Crippen LogP contribution >= 0.6 is 24.2 Å². The number of carbonyl (C=O) groups is 1. The van der Waals surface area contributed by atoms with Crippen molar-refractivity contribution in [3.05, 3.63) is 35.9 Å². The zero-order valence-electron chi connectivity index (χ0n) is 12.0. The van der Waals surface area contributed by atoms with E-state index in [4.69, 9.17) is 0 Å². The number of nitrogens with one attached hydrogen (secondary N) is 2. The highest BCUT2D eigenvalue weighted by Gasteiger charge is 2.17. The average Bonchev–Trinajstić information content (AvgIpc) is 2.47. The highest BCUT2D eigenvalue weighted by molar-refractivity contribution is 7.99. The van der Waals surface area contributed by atoms with Crippen LogP contribution in [0.4, 0.5) is 0 Å². The van der Waals surface area contributed by atoms with Gasteiger partial charge in [0.1, 0.15) is 0 Å². The van der Waals surface area contributed by atoms with Crippen LogP contribution in [-0.4, -0.2) is 47.8 Å². The molecule has 6 heteroatoms. The number of hydrogen-bond donors (Lipinski definition) is 3. The van der Waals surface area contributed by atoms with Gasteiger partial charge >= 0.3 is 0 Å². The Labute approximate surface area is 136 Å². The molecule has 1 aromatic carbocycles. The molecule has 1 fully saturated rings. The minimum atomic E-state index is -0.532. The second kappa shape index (κ2) is 10.1. The lowest BCUT2D eigenvalue weighted by Crippen LogP contribution is -2.42. The van der Waals surface area contributed by atoms with E-state index in [1.54, 1.807) is 0 Å². The maximum Gasteiger partial charge on any atom is 0.221 e. The number of aliphatic hydroxyl groups excluding tert-OH is 1. The summed E-state index contributed by atoms with van der Waals surface area (Å²) in [6.07, 6.45) is 0.527. The maximum atomic E-state index is 11.8. The fourth-order valence-corrected chi connectivity index (χ4v) is 3.19. The van der Waals surface area contributed by atoms with E-state index in [9.17, 15) is 9.90 Å². The third-order valence-electron chi connectivity index (χ3n) is 3.28. The first-order valence-corrected chi connectivity index (χ1v) is 8.19. The molecular formula is C15H23ClN2O2S. The Kier molecular flexibility index (Phi) is 8.76. The normalized spacial score (nSPS) is 19.4. The van der Waals surface area contributed by atoms with Gasteiger partial charge in [-0.1, -0.05) is 30.3 Å². The third kappa shape index (κ3) is 7.18. The zero-order valence-corrected chi connectivity index (χ0v) is 13.6. The van der Waals surface area contributed by atoms with Crippen molar-refractivity contribution in [1.82, 2.24) is 10.6 Å². The van der Waals surface area contributed by atoms with Crippen molar-refractivity contribution in [2.24, 2.45) is 0 Å². The third-order valence-corrected chi connectivity index (χ3v) is 4.41. The molecule has 0 aromatic heterocycles. The van der Waals surface area contributed by atoms with Crippen LogP contribution in [-0.2, 0) is 11.2 Å². The molecule has 0 aliphatic carbocycles. The summed E-state index contributed by atoms with van der Waals surface area (Å²) in [6, 6.07) is 10.1. The molecule has 0 spiro atoms. The molecule has 0 saturated carbocycles. The first-order valence-electron chi connectivity index (χ1n) is 7.04. The van der Waals surface area contributed by atoms with Gasteiger partial charge in [-0.05, 0) is 5.56 Å². The van der Waals surface area contributed by atoms with Crippen molar-refractivity contribution in [1.29, 1.82) is 0 Å². The van der Waals surface area contributed by atoms with Crippen LogP contribution in [0.15, 0.2) is 30.3 Å². The van der Waals surface area contributed by atoms with Crippen molar-refractivity contribution in [2.45, 2.75) is 25.0 Å². The van der Waals surface area contributed by atoms with Gasteiger partial charge in [0.05, 0.1) is 6.10 Å². The highest BCUT2D eigenvalue weighted by atomic mass is 35.5. The second-order valence-corrected chi connectivity index (χ2v) is 6.23. The van der Waals surface area contributed by atoms with Crippen LogP contribution in [0, 0.1) is 0 Å². The predicted molar refractivity (Wildman–Crippen MR) is 90.1 cm³/mol. The molecule has 0 bridgehead atoms. The molecule has 21 heavy (non-hydrogen) atoms. The van der Waals surface area contributed by atoms with E-state index in [-0.39, 0.29) is 24.4 Å². The largest absolute Gasteiger partial charge is 0.391 e. The second-order valence-electron chi connectivity index (χ2n) is 5.08. The van der Waals surface area contributed by atoms with E-state index in [1.807, 2.05) is 42.1 Å². The standard InChI is InChI=1S/C15H22N2O2S.ClH/c18-14(8-12-4-2-1-3-5-12)10-17-15(19)9-13-11-20-7-6-16-13;/h1-5,13-14,16,18H,6-11H2,(H,17,19);1H. The van der Waals surface area contributed by atoms with Gasteiger partial charge < -0.3 is 15.7 Å². The zero-order chi connectivity index (χ0) is 14.2. The summed E-state index contributed by atoms with van der Waals surface area (Å²) < 4.78 is 0. The van der Waals surface area contributed by atoms with E-state index >= 15 is 0 Å². The van der Waals surface area contributed by atoms with E-state index in [0.29, 0.717) is 19.4 Å².